The number of nitrogens with one attached hydrogen (secondary N) is 2. The molecule has 29 heavy (non-hydrogen) atoms. The third-order valence-corrected chi connectivity index (χ3v) is 6.10. The zero-order valence-corrected chi connectivity index (χ0v) is 15.3. The second kappa shape index (κ2) is 5.86. The Morgan fingerprint density at radius 1 is 1.07 bits per heavy atom. The van der Waals surface area contributed by atoms with E-state index in [2.05, 4.69) is 10.6 Å². The van der Waals surface area contributed by atoms with Crippen LogP contribution in [0, 0.1) is 17.0 Å². The summed E-state index contributed by atoms with van der Waals surface area (Å²) >= 11 is 0. The van der Waals surface area contributed by atoms with E-state index in [9.17, 15) is 19.6 Å². The van der Waals surface area contributed by atoms with Gasteiger partial charge in [0, 0.05) is 17.3 Å². The summed E-state index contributed by atoms with van der Waals surface area (Å²) in [5, 5.41) is 25.7. The van der Waals surface area contributed by atoms with Crippen molar-refractivity contribution in [3.63, 3.8) is 0 Å². The van der Waals surface area contributed by atoms with Crippen LogP contribution < -0.4 is 20.8 Å². The van der Waals surface area contributed by atoms with E-state index in [1.54, 1.807) is 31.2 Å². The Labute approximate surface area is 165 Å². The first-order valence-corrected chi connectivity index (χ1v) is 9.19. The lowest BCUT2D eigenvalue weighted by Gasteiger charge is -2.29. The molecule has 9 heteroatoms. The number of hydrogen-bond acceptors (Lipinski definition) is 7. The second-order valence-corrected chi connectivity index (χ2v) is 7.55. The fraction of sp³-hybridized carbons (Fsp3) is 0.250. The molecule has 0 aliphatic carbocycles. The molecular weight excluding hydrogens is 376 g/mol. The third-order valence-electron chi connectivity index (χ3n) is 6.10. The molecule has 5 rings (SSSR count). The molecule has 2 aromatic carbocycles. The number of hydrogen-bond donors (Lipinski definition) is 3. The van der Waals surface area contributed by atoms with Crippen LogP contribution in [0.25, 0.3) is 0 Å². The van der Waals surface area contributed by atoms with Crippen LogP contribution in [-0.4, -0.2) is 29.0 Å². The number of para-hydroxylation sites is 1. The molecule has 3 heterocycles. The van der Waals surface area contributed by atoms with E-state index in [0.29, 0.717) is 11.3 Å². The van der Waals surface area contributed by atoms with Crippen molar-refractivity contribution < 1.29 is 19.6 Å². The summed E-state index contributed by atoms with van der Waals surface area (Å²) in [6, 6.07) is 12.2. The molecule has 4 atom stereocenters. The Balaban J connectivity index is 1.60. The Kier molecular flexibility index (Phi) is 3.60. The summed E-state index contributed by atoms with van der Waals surface area (Å²) in [6.45, 7) is 1.79. The molecule has 0 unspecified atom stereocenters. The number of imide groups is 1. The maximum Gasteiger partial charge on any atom is 0.250 e. The quantitative estimate of drug-likeness (QED) is 0.519. The third kappa shape index (κ3) is 2.17. The summed E-state index contributed by atoms with van der Waals surface area (Å²) in [7, 11) is 0. The fourth-order valence-corrected chi connectivity index (χ4v) is 4.90. The summed E-state index contributed by atoms with van der Waals surface area (Å²) in [6.07, 6.45) is 0. The van der Waals surface area contributed by atoms with Crippen LogP contribution in [0.3, 0.4) is 0 Å². The first kappa shape index (κ1) is 17.8. The average Bonchev–Trinajstić information content (AvgIpc) is 3.26. The van der Waals surface area contributed by atoms with E-state index >= 15 is 0 Å². The molecule has 3 amide bonds. The van der Waals surface area contributed by atoms with Crippen molar-refractivity contribution in [1.82, 2.24) is 5.32 Å². The van der Waals surface area contributed by atoms with E-state index in [1.807, 2.05) is 0 Å². The van der Waals surface area contributed by atoms with Crippen molar-refractivity contribution in [1.29, 1.82) is 0 Å². The molecule has 1 spiro atoms. The molecule has 9 nitrogen and oxygen atoms in total. The predicted molar refractivity (Wildman–Crippen MR) is 103 cm³/mol. The highest BCUT2D eigenvalue weighted by molar-refractivity contribution is 6.25. The lowest BCUT2D eigenvalue weighted by Crippen LogP contribution is -2.53. The summed E-state index contributed by atoms with van der Waals surface area (Å²) in [5.41, 5.74) is 0.237. The first-order valence-electron chi connectivity index (χ1n) is 9.19. The minimum atomic E-state index is -1.31. The molecule has 3 aliphatic rings. The predicted octanol–water partition coefficient (Wildman–Crippen LogP) is 1.32. The van der Waals surface area contributed by atoms with Gasteiger partial charge in [0.1, 0.15) is 5.54 Å². The summed E-state index contributed by atoms with van der Waals surface area (Å²) < 4.78 is 0. The number of amides is 3. The number of nitrogens with zero attached hydrogens (tertiary/aromatic N) is 2. The number of fused-ring (bicyclic) bond motifs is 4. The van der Waals surface area contributed by atoms with Gasteiger partial charge in [0.25, 0.3) is 0 Å². The summed E-state index contributed by atoms with van der Waals surface area (Å²) in [4.78, 5) is 40.7. The van der Waals surface area contributed by atoms with E-state index in [4.69, 9.17) is 5.21 Å². The molecule has 148 valence electrons. The monoisotopic (exact) mass is 393 g/mol. The number of anilines is 3. The van der Waals surface area contributed by atoms with Crippen LogP contribution in [0.2, 0.25) is 0 Å². The van der Waals surface area contributed by atoms with Crippen molar-refractivity contribution in [3.05, 3.63) is 59.3 Å². The lowest BCUT2D eigenvalue weighted by atomic mass is 9.76. The van der Waals surface area contributed by atoms with E-state index in [0.717, 1.165) is 4.90 Å². The minimum Gasteiger partial charge on any atom is -0.733 e. The van der Waals surface area contributed by atoms with Crippen molar-refractivity contribution in [3.8, 4) is 0 Å². The van der Waals surface area contributed by atoms with Gasteiger partial charge in [0.05, 0.1) is 23.2 Å². The van der Waals surface area contributed by atoms with Gasteiger partial charge in [-0.05, 0) is 37.3 Å². The average molecular weight is 393 g/mol. The molecule has 2 aromatic rings. The fourth-order valence-electron chi connectivity index (χ4n) is 4.90. The van der Waals surface area contributed by atoms with Crippen LogP contribution in [0.5, 0.6) is 0 Å². The maximum atomic E-state index is 13.4. The highest BCUT2D eigenvalue weighted by Crippen LogP contribution is 2.53. The zero-order chi connectivity index (χ0) is 20.5. The Bertz CT molecular complexity index is 1050. The first-order chi connectivity index (χ1) is 13.9. The van der Waals surface area contributed by atoms with Gasteiger partial charge in [-0.25, -0.2) is 4.90 Å². The van der Waals surface area contributed by atoms with Gasteiger partial charge in [0.15, 0.2) is 0 Å². The Hall–Kier alpha value is -3.27. The number of carbonyl (C=O) groups is 3. The van der Waals surface area contributed by atoms with Crippen LogP contribution in [0.4, 0.5) is 17.1 Å². The van der Waals surface area contributed by atoms with Crippen molar-refractivity contribution >= 4 is 34.8 Å². The molecule has 0 radical (unpaired) electrons. The number of rotatable bonds is 2. The highest BCUT2D eigenvalue weighted by Gasteiger charge is 2.69. The van der Waals surface area contributed by atoms with Crippen molar-refractivity contribution in [2.24, 2.45) is 11.8 Å². The Morgan fingerprint density at radius 3 is 2.45 bits per heavy atom. The van der Waals surface area contributed by atoms with Crippen LogP contribution >= 0.6 is 0 Å². The molecular formula is C20H17N4O5-. The number of benzene rings is 2. The van der Waals surface area contributed by atoms with Gasteiger partial charge >= 0.3 is 0 Å². The zero-order valence-electron chi connectivity index (χ0n) is 15.3. The van der Waals surface area contributed by atoms with Gasteiger partial charge in [-0.3, -0.25) is 24.9 Å². The molecule has 2 fully saturated rings. The van der Waals surface area contributed by atoms with Crippen molar-refractivity contribution in [2.45, 2.75) is 18.5 Å². The van der Waals surface area contributed by atoms with E-state index < -0.39 is 35.2 Å². The van der Waals surface area contributed by atoms with Gasteiger partial charge in [-0.1, -0.05) is 18.2 Å². The van der Waals surface area contributed by atoms with Crippen LogP contribution in [-0.2, 0) is 19.9 Å². The van der Waals surface area contributed by atoms with Crippen LogP contribution in [0.15, 0.2) is 48.5 Å². The molecule has 0 saturated carbocycles. The van der Waals surface area contributed by atoms with E-state index in [-0.39, 0.29) is 22.5 Å². The molecule has 2 saturated heterocycles. The van der Waals surface area contributed by atoms with E-state index in [1.165, 1.54) is 24.3 Å². The molecule has 0 bridgehead atoms. The standard InChI is InChI=1S/C20H17N4O5/c1-10-15-16(20(22-10)13-4-2-3-5-14(13)21-19(20)27)18(26)23(17(15)25)11-6-8-12(9-7-11)24(28)29/h2-10,15-16,22,28H,1H3,(H,21,27)/q-1/t10-,15+,16+,20-/m1/s1. The lowest BCUT2D eigenvalue weighted by molar-refractivity contribution is -0.130. The van der Waals surface area contributed by atoms with Gasteiger partial charge in [-0.15, -0.1) is 0 Å². The van der Waals surface area contributed by atoms with Crippen molar-refractivity contribution in [2.75, 3.05) is 15.4 Å². The second-order valence-electron chi connectivity index (χ2n) is 7.55. The highest BCUT2D eigenvalue weighted by atomic mass is 16.8. The summed E-state index contributed by atoms with van der Waals surface area (Å²) in [5.74, 6) is -2.81. The van der Waals surface area contributed by atoms with Gasteiger partial charge in [0.2, 0.25) is 17.7 Å². The Morgan fingerprint density at radius 2 is 1.76 bits per heavy atom. The smallest absolute Gasteiger partial charge is 0.250 e. The maximum absolute atomic E-state index is 13.4. The largest absolute Gasteiger partial charge is 0.733 e. The molecule has 3 aliphatic heterocycles. The van der Waals surface area contributed by atoms with Gasteiger partial charge in [-0.2, -0.15) is 0 Å². The van der Waals surface area contributed by atoms with Crippen LogP contribution in [0.1, 0.15) is 12.5 Å². The molecule has 3 N–H and O–H groups in total. The van der Waals surface area contributed by atoms with Gasteiger partial charge < -0.3 is 15.8 Å². The minimum absolute atomic E-state index is 0.0244. The SMILES string of the molecule is C[C@H]1N[C@@]2(C(=O)Nc3ccccc32)[C@@H]2C(=O)N(c3ccc(N([O-])O)cc3)C(=O)[C@H]21. The molecule has 0 aromatic heterocycles. The topological polar surface area (TPSA) is 125 Å². The normalized spacial score (nSPS) is 30.0. The number of carbonyl (C=O) groups excluding carboxylic acids is 3.